The molecule has 0 bridgehead atoms. The summed E-state index contributed by atoms with van der Waals surface area (Å²) in [5, 5.41) is 14.2. The number of aromatic amines is 1. The lowest BCUT2D eigenvalue weighted by molar-refractivity contribution is -0.139. The van der Waals surface area contributed by atoms with Gasteiger partial charge >= 0.3 is 12.1 Å². The summed E-state index contributed by atoms with van der Waals surface area (Å²) in [5.74, 6) is -1.91. The number of pyridine rings is 1. The van der Waals surface area contributed by atoms with E-state index in [0.29, 0.717) is 16.8 Å². The van der Waals surface area contributed by atoms with Crippen LogP contribution < -0.4 is 5.32 Å². The molecule has 0 saturated carbocycles. The summed E-state index contributed by atoms with van der Waals surface area (Å²) in [6.07, 6.45) is 2.48. The topological polar surface area (TPSA) is 126 Å². The summed E-state index contributed by atoms with van der Waals surface area (Å²) < 4.78 is 6.60. The molecule has 0 spiro atoms. The van der Waals surface area contributed by atoms with Gasteiger partial charge in [-0.1, -0.05) is 36.4 Å². The van der Waals surface area contributed by atoms with E-state index in [1.165, 1.54) is 6.20 Å². The van der Waals surface area contributed by atoms with Gasteiger partial charge in [-0.3, -0.25) is 4.79 Å². The van der Waals surface area contributed by atoms with E-state index in [9.17, 15) is 19.5 Å². The van der Waals surface area contributed by atoms with Gasteiger partial charge in [-0.25, -0.2) is 19.1 Å². The molecule has 3 aromatic rings. The molecule has 5 rings (SSSR count). The fourth-order valence-corrected chi connectivity index (χ4v) is 4.36. The molecule has 2 aliphatic rings. The molecule has 37 heavy (non-hydrogen) atoms. The second-order valence-electron chi connectivity index (χ2n) is 9.86. The first kappa shape index (κ1) is 24.1. The summed E-state index contributed by atoms with van der Waals surface area (Å²) in [7, 11) is 0. The Balaban J connectivity index is 1.54. The van der Waals surface area contributed by atoms with Crippen molar-refractivity contribution < 1.29 is 24.2 Å². The smallest absolute Gasteiger partial charge is 0.419 e. The molecule has 0 unspecified atom stereocenters. The van der Waals surface area contributed by atoms with Crippen molar-refractivity contribution in [3.8, 4) is 11.3 Å². The number of amides is 1. The van der Waals surface area contributed by atoms with E-state index < -0.39 is 29.6 Å². The van der Waals surface area contributed by atoms with Gasteiger partial charge in [0.1, 0.15) is 17.3 Å². The number of nitrogens with zero attached hydrogens (tertiary/aromatic N) is 2. The minimum Gasteiger partial charge on any atom is -0.480 e. The molecule has 2 aliphatic heterocycles. The van der Waals surface area contributed by atoms with Crippen LogP contribution in [0, 0.1) is 0 Å². The van der Waals surface area contributed by atoms with Crippen LogP contribution in [0.2, 0.25) is 0 Å². The van der Waals surface area contributed by atoms with Crippen molar-refractivity contribution in [1.82, 2.24) is 19.9 Å². The minimum absolute atomic E-state index is 0.0509. The van der Waals surface area contributed by atoms with E-state index in [0.717, 1.165) is 26.4 Å². The molecule has 0 saturated heterocycles. The van der Waals surface area contributed by atoms with Crippen LogP contribution in [-0.2, 0) is 16.0 Å². The zero-order valence-corrected chi connectivity index (χ0v) is 20.6. The predicted octanol–water partition coefficient (Wildman–Crippen LogP) is 4.83. The van der Waals surface area contributed by atoms with E-state index in [-0.39, 0.29) is 12.1 Å². The number of benzene rings is 2. The number of nitrogens with one attached hydrogen (secondary N) is 2. The largest absolute Gasteiger partial charge is 0.480 e. The quantitative estimate of drug-likeness (QED) is 0.319. The molecule has 9 nitrogen and oxygen atoms in total. The average molecular weight is 499 g/mol. The number of H-pyrrole nitrogens is 1. The Bertz CT molecular complexity index is 1620. The number of hydrogen-bond acceptors (Lipinski definition) is 5. The fourth-order valence-electron chi connectivity index (χ4n) is 4.36. The number of carbonyl (C=O) groups excluding carboxylic acids is 2. The van der Waals surface area contributed by atoms with E-state index in [1.54, 1.807) is 33.0 Å². The number of aromatic nitrogens is 3. The molecule has 1 aromatic heterocycles. The summed E-state index contributed by atoms with van der Waals surface area (Å²) >= 11 is 0. The second-order valence-corrected chi connectivity index (χ2v) is 9.86. The predicted molar refractivity (Wildman–Crippen MR) is 139 cm³/mol. The zero-order valence-electron chi connectivity index (χ0n) is 20.6. The Labute approximate surface area is 212 Å². The van der Waals surface area contributed by atoms with E-state index in [1.807, 2.05) is 48.5 Å². The summed E-state index contributed by atoms with van der Waals surface area (Å²) in [4.78, 5) is 46.4. The van der Waals surface area contributed by atoms with Crippen LogP contribution >= 0.6 is 0 Å². The van der Waals surface area contributed by atoms with Gasteiger partial charge < -0.3 is 20.1 Å². The van der Waals surface area contributed by atoms with Gasteiger partial charge in [0, 0.05) is 40.7 Å². The van der Waals surface area contributed by atoms with Crippen LogP contribution in [0.25, 0.3) is 33.1 Å². The Morgan fingerprint density at radius 2 is 1.78 bits per heavy atom. The van der Waals surface area contributed by atoms with Gasteiger partial charge in [0.25, 0.3) is 5.91 Å². The van der Waals surface area contributed by atoms with Gasteiger partial charge in [-0.2, -0.15) is 0 Å². The molecular weight excluding hydrogens is 472 g/mol. The molecule has 188 valence electrons. The Morgan fingerprint density at radius 1 is 1.08 bits per heavy atom. The summed E-state index contributed by atoms with van der Waals surface area (Å²) in [5.41, 5.74) is 2.66. The lowest BCUT2D eigenvalue weighted by Crippen LogP contribution is -2.43. The zero-order chi connectivity index (χ0) is 26.3. The molecule has 0 aliphatic carbocycles. The number of carbonyl (C=O) groups is 3. The minimum atomic E-state index is -1.23. The van der Waals surface area contributed by atoms with E-state index in [2.05, 4.69) is 15.3 Å². The molecule has 2 aromatic carbocycles. The lowest BCUT2D eigenvalue weighted by atomic mass is 10.0. The lowest BCUT2D eigenvalue weighted by Gasteiger charge is -2.22. The summed E-state index contributed by atoms with van der Waals surface area (Å²) in [6.45, 7) is 5.17. The van der Waals surface area contributed by atoms with Gasteiger partial charge in [0.2, 0.25) is 0 Å². The number of carboxylic acids is 1. The van der Waals surface area contributed by atoms with Gasteiger partial charge in [-0.15, -0.1) is 0 Å². The number of hydrogen-bond donors (Lipinski definition) is 3. The highest BCUT2D eigenvalue weighted by molar-refractivity contribution is 6.03. The van der Waals surface area contributed by atoms with Crippen molar-refractivity contribution in [1.29, 1.82) is 0 Å². The third kappa shape index (κ3) is 4.75. The van der Waals surface area contributed by atoms with E-state index >= 15 is 0 Å². The molecule has 3 N–H and O–H groups in total. The average Bonchev–Trinajstić information content (AvgIpc) is 3.42. The maximum atomic E-state index is 13.5. The molecular formula is C28H26N4O5. The molecule has 9 heteroatoms. The first-order valence-electron chi connectivity index (χ1n) is 11.8. The first-order chi connectivity index (χ1) is 17.6. The number of rotatable bonds is 5. The monoisotopic (exact) mass is 498 g/mol. The van der Waals surface area contributed by atoms with Crippen LogP contribution in [0.3, 0.4) is 0 Å². The van der Waals surface area contributed by atoms with Gasteiger partial charge in [0.15, 0.2) is 0 Å². The Kier molecular flexibility index (Phi) is 5.91. The molecule has 3 heterocycles. The second kappa shape index (κ2) is 9.09. The first-order valence-corrected chi connectivity index (χ1v) is 11.8. The molecule has 1 amide bonds. The van der Waals surface area contributed by atoms with Crippen LogP contribution in [-0.4, -0.2) is 49.3 Å². The number of para-hydroxylation sites is 2. The van der Waals surface area contributed by atoms with Crippen molar-refractivity contribution in [3.05, 3.63) is 78.2 Å². The summed E-state index contributed by atoms with van der Waals surface area (Å²) in [6, 6.07) is 15.3. The van der Waals surface area contributed by atoms with Crippen LogP contribution in [0.15, 0.2) is 67.0 Å². The number of fused-ring (bicyclic) bond motifs is 4. The van der Waals surface area contributed by atoms with Gasteiger partial charge in [-0.05, 0) is 44.5 Å². The number of aliphatic carboxylic acids is 1. The van der Waals surface area contributed by atoms with E-state index in [4.69, 9.17) is 4.74 Å². The van der Waals surface area contributed by atoms with Crippen LogP contribution in [0.1, 0.15) is 36.8 Å². The SMILES string of the molecule is CC(C)(C)OC(=O)n1cc2nc3ccccc3c-2cc1C(=O)N[C@@H](Cc1c[nH]c2ccccc12)C(=O)O. The standard InChI is InChI=1S/C28H26N4O5/c1-28(2,3)37-27(36)32-15-23-19(18-9-5-7-11-21(18)30-23)13-24(32)25(33)31-22(26(34)35)12-16-14-29-20-10-6-4-8-17(16)20/h4-11,13-15,22,29H,12H2,1-3H3,(H,31,33)(H,34,35)/t22-/m0/s1. The highest BCUT2D eigenvalue weighted by Crippen LogP contribution is 2.32. The Morgan fingerprint density at radius 3 is 2.51 bits per heavy atom. The van der Waals surface area contributed by atoms with Crippen LogP contribution in [0.5, 0.6) is 0 Å². The maximum Gasteiger partial charge on any atom is 0.419 e. The molecule has 0 fully saturated rings. The van der Waals surface area contributed by atoms with Crippen molar-refractivity contribution in [2.45, 2.75) is 38.8 Å². The van der Waals surface area contributed by atoms with Crippen LogP contribution in [0.4, 0.5) is 4.79 Å². The van der Waals surface area contributed by atoms with Crippen molar-refractivity contribution in [3.63, 3.8) is 0 Å². The number of carboxylic acid groups (broad SMARTS) is 1. The highest BCUT2D eigenvalue weighted by atomic mass is 16.6. The normalized spacial score (nSPS) is 12.6. The Hall–Kier alpha value is -4.66. The third-order valence-electron chi connectivity index (χ3n) is 6.03. The fraction of sp³-hybridized carbons (Fsp3) is 0.214. The maximum absolute atomic E-state index is 13.5. The third-order valence-corrected chi connectivity index (χ3v) is 6.03. The van der Waals surface area contributed by atoms with Crippen molar-refractivity contribution >= 4 is 39.8 Å². The van der Waals surface area contributed by atoms with Gasteiger partial charge in [0.05, 0.1) is 11.2 Å². The molecule has 0 radical (unpaired) electrons. The van der Waals surface area contributed by atoms with Crippen molar-refractivity contribution in [2.75, 3.05) is 0 Å². The highest BCUT2D eigenvalue weighted by Gasteiger charge is 2.28. The molecule has 1 atom stereocenters. The number of ether oxygens (including phenoxy) is 1. The van der Waals surface area contributed by atoms with Crippen molar-refractivity contribution in [2.24, 2.45) is 0 Å².